The SMILES string of the molecule is O=C1C=CC(=O)[N+]1([O-])c1ccccc1. The Hall–Kier alpha value is -1.78. The van der Waals surface area contributed by atoms with E-state index in [1.165, 1.54) is 12.1 Å². The lowest BCUT2D eigenvalue weighted by atomic mass is 10.3. The van der Waals surface area contributed by atoms with Crippen molar-refractivity contribution in [3.8, 4) is 0 Å². The molecule has 0 spiro atoms. The van der Waals surface area contributed by atoms with Crippen LogP contribution in [-0.4, -0.2) is 11.8 Å². The number of hydrogen-bond donors (Lipinski definition) is 0. The minimum absolute atomic E-state index is 0.146. The highest BCUT2D eigenvalue weighted by atomic mass is 16.6. The fraction of sp³-hybridized carbons (Fsp3) is 0. The highest BCUT2D eigenvalue weighted by Gasteiger charge is 2.40. The van der Waals surface area contributed by atoms with E-state index in [0.717, 1.165) is 12.2 Å². The van der Waals surface area contributed by atoms with Crippen molar-refractivity contribution in [1.82, 2.24) is 4.65 Å². The van der Waals surface area contributed by atoms with Crippen molar-refractivity contribution < 1.29 is 9.59 Å². The van der Waals surface area contributed by atoms with E-state index in [2.05, 4.69) is 0 Å². The van der Waals surface area contributed by atoms with Crippen LogP contribution in [0.5, 0.6) is 0 Å². The molecule has 0 radical (unpaired) electrons. The molecule has 1 aliphatic heterocycles. The maximum atomic E-state index is 11.9. The molecule has 1 aromatic carbocycles. The molecule has 0 saturated heterocycles. The average Bonchev–Trinajstić information content (AvgIpc) is 2.49. The quantitative estimate of drug-likeness (QED) is 0.378. The van der Waals surface area contributed by atoms with Gasteiger partial charge in [0.15, 0.2) is 0 Å². The van der Waals surface area contributed by atoms with Crippen molar-refractivity contribution in [2.24, 2.45) is 0 Å². The second kappa shape index (κ2) is 2.87. The number of rotatable bonds is 1. The van der Waals surface area contributed by atoms with E-state index < -0.39 is 16.5 Å². The number of benzene rings is 1. The maximum absolute atomic E-state index is 11.9. The Morgan fingerprint density at radius 1 is 0.929 bits per heavy atom. The van der Waals surface area contributed by atoms with Gasteiger partial charge in [0.2, 0.25) is 0 Å². The highest BCUT2D eigenvalue weighted by Crippen LogP contribution is 2.26. The summed E-state index contributed by atoms with van der Waals surface area (Å²) in [4.78, 5) is 22.5. The molecule has 4 nitrogen and oxygen atoms in total. The molecular formula is C10H7NO3. The third-order valence-electron chi connectivity index (χ3n) is 2.11. The molecule has 1 aliphatic rings. The number of para-hydroxylation sites is 1. The molecule has 2 amide bonds. The monoisotopic (exact) mass is 189 g/mol. The summed E-state index contributed by atoms with van der Waals surface area (Å²) in [5.74, 6) is -1.50. The molecule has 0 unspecified atom stereocenters. The van der Waals surface area contributed by atoms with Gasteiger partial charge in [-0.1, -0.05) is 18.2 Å². The summed E-state index contributed by atoms with van der Waals surface area (Å²) in [6, 6.07) is 7.89. The Kier molecular flexibility index (Phi) is 1.80. The predicted octanol–water partition coefficient (Wildman–Crippen LogP) is 1.11. The first-order valence-corrected chi connectivity index (χ1v) is 4.08. The summed E-state index contributed by atoms with van der Waals surface area (Å²) < 4.78 is -1.53. The van der Waals surface area contributed by atoms with Crippen LogP contribution in [0.25, 0.3) is 0 Å². The van der Waals surface area contributed by atoms with E-state index in [1.54, 1.807) is 18.2 Å². The van der Waals surface area contributed by atoms with Crippen molar-refractivity contribution >= 4 is 17.5 Å². The topological polar surface area (TPSA) is 57.2 Å². The zero-order chi connectivity index (χ0) is 10.2. The lowest BCUT2D eigenvalue weighted by molar-refractivity contribution is -0.132. The Labute approximate surface area is 80.2 Å². The minimum atomic E-state index is -1.53. The fourth-order valence-electron chi connectivity index (χ4n) is 1.35. The van der Waals surface area contributed by atoms with Gasteiger partial charge in [0.1, 0.15) is 5.69 Å². The van der Waals surface area contributed by atoms with Crippen molar-refractivity contribution in [1.29, 1.82) is 0 Å². The van der Waals surface area contributed by atoms with E-state index in [0.29, 0.717) is 0 Å². The van der Waals surface area contributed by atoms with Crippen LogP contribution in [0.3, 0.4) is 0 Å². The van der Waals surface area contributed by atoms with E-state index in [1.807, 2.05) is 0 Å². The number of carbonyl (C=O) groups excluding carboxylic acids is 2. The van der Waals surface area contributed by atoms with Gasteiger partial charge in [-0.3, -0.25) is 0 Å². The van der Waals surface area contributed by atoms with E-state index in [9.17, 15) is 14.8 Å². The largest absolute Gasteiger partial charge is 0.612 e. The van der Waals surface area contributed by atoms with Gasteiger partial charge in [-0.15, -0.1) is 0 Å². The highest BCUT2D eigenvalue weighted by molar-refractivity contribution is 6.23. The van der Waals surface area contributed by atoms with Crippen LogP contribution in [-0.2, 0) is 9.59 Å². The van der Waals surface area contributed by atoms with Crippen LogP contribution in [0.2, 0.25) is 0 Å². The first-order valence-electron chi connectivity index (χ1n) is 4.08. The van der Waals surface area contributed by atoms with Gasteiger partial charge in [0.05, 0.1) is 12.2 Å². The average molecular weight is 189 g/mol. The Morgan fingerprint density at radius 2 is 1.43 bits per heavy atom. The van der Waals surface area contributed by atoms with Crippen LogP contribution < -0.4 is 4.65 Å². The molecular weight excluding hydrogens is 182 g/mol. The summed E-state index contributed by atoms with van der Waals surface area (Å²) in [7, 11) is 0. The fourth-order valence-corrected chi connectivity index (χ4v) is 1.35. The van der Waals surface area contributed by atoms with Gasteiger partial charge in [0, 0.05) is 12.1 Å². The standard InChI is InChI=1S/C10H7NO3/c12-9-6-7-10(13)11(9,14)8-4-2-1-3-5-8/h1-7H. The van der Waals surface area contributed by atoms with Gasteiger partial charge >= 0.3 is 11.8 Å². The molecule has 2 rings (SSSR count). The van der Waals surface area contributed by atoms with E-state index in [-0.39, 0.29) is 5.69 Å². The zero-order valence-corrected chi connectivity index (χ0v) is 7.21. The van der Waals surface area contributed by atoms with Crippen molar-refractivity contribution in [2.75, 3.05) is 0 Å². The number of hydrogen-bond acceptors (Lipinski definition) is 3. The number of amides is 2. The third-order valence-corrected chi connectivity index (χ3v) is 2.11. The summed E-state index contributed by atoms with van der Waals surface area (Å²) in [5, 5.41) is 11.9. The van der Waals surface area contributed by atoms with E-state index in [4.69, 9.17) is 0 Å². The van der Waals surface area contributed by atoms with Gasteiger partial charge in [0.25, 0.3) is 0 Å². The molecule has 14 heavy (non-hydrogen) atoms. The normalized spacial score (nSPS) is 18.9. The summed E-state index contributed by atoms with van der Waals surface area (Å²) >= 11 is 0. The molecule has 0 aliphatic carbocycles. The molecule has 0 bridgehead atoms. The number of nitrogens with zero attached hydrogens (tertiary/aromatic N) is 1. The lowest BCUT2D eigenvalue weighted by Crippen LogP contribution is -2.48. The molecule has 0 aromatic heterocycles. The third kappa shape index (κ3) is 1.02. The number of imide groups is 1. The van der Waals surface area contributed by atoms with Crippen molar-refractivity contribution in [2.45, 2.75) is 0 Å². The van der Waals surface area contributed by atoms with Crippen LogP contribution in [0.1, 0.15) is 0 Å². The van der Waals surface area contributed by atoms with Crippen LogP contribution >= 0.6 is 0 Å². The van der Waals surface area contributed by atoms with Crippen LogP contribution in [0, 0.1) is 5.21 Å². The zero-order valence-electron chi connectivity index (χ0n) is 7.21. The molecule has 0 N–H and O–H groups in total. The molecule has 0 saturated carbocycles. The molecule has 1 heterocycles. The first kappa shape index (κ1) is 8.80. The van der Waals surface area contributed by atoms with Gasteiger partial charge < -0.3 is 5.21 Å². The predicted molar refractivity (Wildman–Crippen MR) is 50.8 cm³/mol. The smallest absolute Gasteiger partial charge is 0.351 e. The second-order valence-corrected chi connectivity index (χ2v) is 2.95. The molecule has 0 atom stereocenters. The van der Waals surface area contributed by atoms with Gasteiger partial charge in [-0.2, -0.15) is 4.65 Å². The molecule has 0 fully saturated rings. The van der Waals surface area contributed by atoms with Gasteiger partial charge in [-0.05, 0) is 0 Å². The summed E-state index contributed by atoms with van der Waals surface area (Å²) in [5.41, 5.74) is 0.146. The van der Waals surface area contributed by atoms with Gasteiger partial charge in [-0.25, -0.2) is 9.59 Å². The summed E-state index contributed by atoms with van der Waals surface area (Å²) in [6.45, 7) is 0. The van der Waals surface area contributed by atoms with Crippen LogP contribution in [0.15, 0.2) is 42.5 Å². The Bertz CT molecular complexity index is 404. The Morgan fingerprint density at radius 3 is 1.93 bits per heavy atom. The van der Waals surface area contributed by atoms with E-state index >= 15 is 0 Å². The molecule has 4 heteroatoms. The number of carbonyl (C=O) groups is 2. The first-order chi connectivity index (χ1) is 6.65. The second-order valence-electron chi connectivity index (χ2n) is 2.95. The number of quaternary nitrogens is 1. The number of hydroxylamine groups is 2. The van der Waals surface area contributed by atoms with Crippen LogP contribution in [0.4, 0.5) is 5.69 Å². The Balaban J connectivity index is 2.53. The van der Waals surface area contributed by atoms with Crippen molar-refractivity contribution in [3.05, 3.63) is 47.7 Å². The lowest BCUT2D eigenvalue weighted by Gasteiger charge is -2.31. The minimum Gasteiger partial charge on any atom is -0.612 e. The molecule has 70 valence electrons. The van der Waals surface area contributed by atoms with Crippen molar-refractivity contribution in [3.63, 3.8) is 0 Å². The summed E-state index contributed by atoms with van der Waals surface area (Å²) in [6.07, 6.45) is 2.03. The molecule has 1 aromatic rings. The maximum Gasteiger partial charge on any atom is 0.351 e.